The van der Waals surface area contributed by atoms with E-state index in [2.05, 4.69) is 16.9 Å². The van der Waals surface area contributed by atoms with Crippen LogP contribution >= 0.6 is 0 Å². The summed E-state index contributed by atoms with van der Waals surface area (Å²) in [4.78, 5) is 13.4. The van der Waals surface area contributed by atoms with Gasteiger partial charge in [-0.15, -0.1) is 0 Å². The molecule has 0 aliphatic carbocycles. The zero-order chi connectivity index (χ0) is 13.8. The van der Waals surface area contributed by atoms with Gasteiger partial charge in [-0.3, -0.25) is 9.48 Å². The number of rotatable bonds is 5. The molecule has 3 N–H and O–H groups in total. The summed E-state index contributed by atoms with van der Waals surface area (Å²) < 4.78 is 1.47. The molecular formula is C13H22N4O2. The molecule has 1 saturated heterocycles. The van der Waals surface area contributed by atoms with Crippen LogP contribution in [0.1, 0.15) is 30.3 Å². The van der Waals surface area contributed by atoms with Gasteiger partial charge in [0.05, 0.1) is 12.6 Å². The molecule has 1 aromatic rings. The highest BCUT2D eigenvalue weighted by atomic mass is 16.3. The van der Waals surface area contributed by atoms with E-state index in [1.807, 2.05) is 0 Å². The Kier molecular flexibility index (Phi) is 4.55. The summed E-state index contributed by atoms with van der Waals surface area (Å²) in [7, 11) is 0. The molecule has 2 heterocycles. The largest absolute Gasteiger partial charge is 0.390 e. The Bertz CT molecular complexity index is 424. The van der Waals surface area contributed by atoms with Crippen LogP contribution in [0.25, 0.3) is 0 Å². The average molecular weight is 266 g/mol. The molecule has 1 amide bonds. The van der Waals surface area contributed by atoms with Crippen LogP contribution in [0.2, 0.25) is 0 Å². The molecule has 1 aliphatic rings. The zero-order valence-electron chi connectivity index (χ0n) is 11.3. The van der Waals surface area contributed by atoms with Crippen molar-refractivity contribution in [2.75, 3.05) is 19.6 Å². The Morgan fingerprint density at radius 2 is 2.21 bits per heavy atom. The van der Waals surface area contributed by atoms with Crippen LogP contribution in [0.4, 0.5) is 0 Å². The zero-order valence-corrected chi connectivity index (χ0v) is 11.3. The molecular weight excluding hydrogens is 244 g/mol. The van der Waals surface area contributed by atoms with E-state index >= 15 is 0 Å². The van der Waals surface area contributed by atoms with Crippen molar-refractivity contribution in [2.24, 2.45) is 11.7 Å². The monoisotopic (exact) mass is 266 g/mol. The van der Waals surface area contributed by atoms with Gasteiger partial charge < -0.3 is 15.7 Å². The normalized spacial score (nSPS) is 19.5. The number of carbonyl (C=O) groups is 1. The fourth-order valence-electron chi connectivity index (χ4n) is 2.49. The lowest BCUT2D eigenvalue weighted by Gasteiger charge is -2.31. The number of carbonyl (C=O) groups excluding carboxylic acids is 1. The second-order valence-electron chi connectivity index (χ2n) is 5.40. The van der Waals surface area contributed by atoms with Crippen molar-refractivity contribution in [3.8, 4) is 0 Å². The predicted molar refractivity (Wildman–Crippen MR) is 71.6 cm³/mol. The summed E-state index contributed by atoms with van der Waals surface area (Å²) >= 11 is 0. The Balaban J connectivity index is 1.85. The number of primary amides is 1. The highest BCUT2D eigenvalue weighted by molar-refractivity contribution is 5.90. The van der Waals surface area contributed by atoms with Crippen LogP contribution in [0, 0.1) is 5.92 Å². The number of piperidine rings is 1. The van der Waals surface area contributed by atoms with Crippen LogP contribution in [0.15, 0.2) is 12.3 Å². The first-order chi connectivity index (χ1) is 9.06. The lowest BCUT2D eigenvalue weighted by molar-refractivity contribution is 0.0762. The standard InChI is InChI=1S/C13H22N4O2/c1-10-3-6-16(7-4-10)8-11(18)9-17-12(13(14)19)2-5-15-17/h2,5,10-11,18H,3-4,6-9H2,1H3,(H2,14,19). The Morgan fingerprint density at radius 1 is 1.53 bits per heavy atom. The van der Waals surface area contributed by atoms with Crippen molar-refractivity contribution in [1.29, 1.82) is 0 Å². The number of aliphatic hydroxyl groups excluding tert-OH is 1. The molecule has 6 heteroatoms. The molecule has 19 heavy (non-hydrogen) atoms. The molecule has 0 aromatic carbocycles. The van der Waals surface area contributed by atoms with Gasteiger partial charge in [-0.2, -0.15) is 5.10 Å². The molecule has 0 saturated carbocycles. The van der Waals surface area contributed by atoms with Crippen LogP contribution < -0.4 is 5.73 Å². The number of hydrogen-bond donors (Lipinski definition) is 2. The van der Waals surface area contributed by atoms with Gasteiger partial charge in [0.15, 0.2) is 0 Å². The number of aromatic nitrogens is 2. The number of amides is 1. The smallest absolute Gasteiger partial charge is 0.266 e. The first kappa shape index (κ1) is 14.0. The van der Waals surface area contributed by atoms with Crippen LogP contribution in [-0.4, -0.2) is 51.4 Å². The highest BCUT2D eigenvalue weighted by Crippen LogP contribution is 2.16. The molecule has 0 spiro atoms. The Labute approximate surface area is 113 Å². The molecule has 2 rings (SSSR count). The second-order valence-corrected chi connectivity index (χ2v) is 5.40. The third kappa shape index (κ3) is 3.78. The first-order valence-electron chi connectivity index (χ1n) is 6.78. The van der Waals surface area contributed by atoms with E-state index in [-0.39, 0.29) is 0 Å². The maximum atomic E-state index is 11.2. The van der Waals surface area contributed by atoms with Crippen LogP contribution in [0.5, 0.6) is 0 Å². The Hall–Kier alpha value is -1.40. The van der Waals surface area contributed by atoms with Gasteiger partial charge in [0.2, 0.25) is 0 Å². The summed E-state index contributed by atoms with van der Waals surface area (Å²) in [5.74, 6) is 0.262. The second kappa shape index (κ2) is 6.16. The van der Waals surface area contributed by atoms with E-state index in [0.29, 0.717) is 18.8 Å². The van der Waals surface area contributed by atoms with Crippen molar-refractivity contribution in [1.82, 2.24) is 14.7 Å². The third-order valence-electron chi connectivity index (χ3n) is 3.70. The molecule has 1 aliphatic heterocycles. The van der Waals surface area contributed by atoms with Crippen LogP contribution in [-0.2, 0) is 6.54 Å². The minimum absolute atomic E-state index is 0.303. The van der Waals surface area contributed by atoms with Crippen LogP contribution in [0.3, 0.4) is 0 Å². The minimum Gasteiger partial charge on any atom is -0.390 e. The number of nitrogens with two attached hydrogens (primary N) is 1. The predicted octanol–water partition coefficient (Wildman–Crippen LogP) is 0.0748. The quantitative estimate of drug-likeness (QED) is 0.790. The first-order valence-corrected chi connectivity index (χ1v) is 6.78. The van der Waals surface area contributed by atoms with E-state index in [1.165, 1.54) is 23.7 Å². The number of β-amino-alcohol motifs (C(OH)–C–C–N with tert-alkyl or cyclic N) is 1. The number of nitrogens with zero attached hydrogens (tertiary/aromatic N) is 3. The lowest BCUT2D eigenvalue weighted by atomic mass is 9.99. The highest BCUT2D eigenvalue weighted by Gasteiger charge is 2.19. The summed E-state index contributed by atoms with van der Waals surface area (Å²) in [6.07, 6.45) is 3.35. The molecule has 6 nitrogen and oxygen atoms in total. The van der Waals surface area contributed by atoms with Crippen molar-refractivity contribution < 1.29 is 9.90 Å². The van der Waals surface area contributed by atoms with Gasteiger partial charge in [0.1, 0.15) is 5.69 Å². The number of hydrogen-bond acceptors (Lipinski definition) is 4. The fourth-order valence-corrected chi connectivity index (χ4v) is 2.49. The van der Waals surface area contributed by atoms with Gasteiger partial charge >= 0.3 is 0 Å². The van der Waals surface area contributed by atoms with Gasteiger partial charge in [0.25, 0.3) is 5.91 Å². The number of aliphatic hydroxyl groups is 1. The third-order valence-corrected chi connectivity index (χ3v) is 3.70. The van der Waals surface area contributed by atoms with E-state index < -0.39 is 12.0 Å². The summed E-state index contributed by atoms with van der Waals surface area (Å²) in [6, 6.07) is 1.57. The van der Waals surface area contributed by atoms with Crippen molar-refractivity contribution in [3.05, 3.63) is 18.0 Å². The van der Waals surface area contributed by atoms with E-state index in [4.69, 9.17) is 5.73 Å². The van der Waals surface area contributed by atoms with Gasteiger partial charge in [0, 0.05) is 12.7 Å². The van der Waals surface area contributed by atoms with Gasteiger partial charge in [-0.25, -0.2) is 0 Å². The maximum Gasteiger partial charge on any atom is 0.266 e. The van der Waals surface area contributed by atoms with Crippen molar-refractivity contribution >= 4 is 5.91 Å². The molecule has 106 valence electrons. The van der Waals surface area contributed by atoms with Crippen molar-refractivity contribution in [2.45, 2.75) is 32.4 Å². The van der Waals surface area contributed by atoms with Gasteiger partial charge in [-0.1, -0.05) is 6.92 Å². The van der Waals surface area contributed by atoms with E-state index in [9.17, 15) is 9.90 Å². The summed E-state index contributed by atoms with van der Waals surface area (Å²) in [5, 5.41) is 14.1. The molecule has 1 fully saturated rings. The number of likely N-dealkylation sites (tertiary alicyclic amines) is 1. The molecule has 0 radical (unpaired) electrons. The SMILES string of the molecule is CC1CCN(CC(O)Cn2nccc2C(N)=O)CC1. The fraction of sp³-hybridized carbons (Fsp3) is 0.692. The summed E-state index contributed by atoms with van der Waals surface area (Å²) in [6.45, 7) is 5.23. The molecule has 1 atom stereocenters. The topological polar surface area (TPSA) is 84.4 Å². The summed E-state index contributed by atoms with van der Waals surface area (Å²) in [5.41, 5.74) is 5.58. The van der Waals surface area contributed by atoms with Gasteiger partial charge in [-0.05, 0) is 37.9 Å². The maximum absolute atomic E-state index is 11.2. The lowest BCUT2D eigenvalue weighted by Crippen LogP contribution is -2.40. The van der Waals surface area contributed by atoms with E-state index in [1.54, 1.807) is 6.07 Å². The molecule has 1 unspecified atom stereocenters. The van der Waals surface area contributed by atoms with Crippen molar-refractivity contribution in [3.63, 3.8) is 0 Å². The Morgan fingerprint density at radius 3 is 2.84 bits per heavy atom. The molecule has 1 aromatic heterocycles. The van der Waals surface area contributed by atoms with E-state index in [0.717, 1.165) is 19.0 Å². The average Bonchev–Trinajstić information content (AvgIpc) is 2.80. The minimum atomic E-state index is -0.536. The molecule has 0 bridgehead atoms.